The highest BCUT2D eigenvalue weighted by Crippen LogP contribution is 2.27. The Bertz CT molecular complexity index is 741. The summed E-state index contributed by atoms with van der Waals surface area (Å²) in [6.07, 6.45) is 0. The second-order valence-electron chi connectivity index (χ2n) is 7.50. The van der Waals surface area contributed by atoms with Gasteiger partial charge >= 0.3 is 0 Å². The number of nitrogens with one attached hydrogen (secondary N) is 1. The molecule has 0 bridgehead atoms. The van der Waals surface area contributed by atoms with E-state index < -0.39 is 0 Å². The van der Waals surface area contributed by atoms with Gasteiger partial charge in [-0.25, -0.2) is 0 Å². The van der Waals surface area contributed by atoms with Crippen LogP contribution in [0.25, 0.3) is 0 Å². The van der Waals surface area contributed by atoms with Gasteiger partial charge in [0.15, 0.2) is 6.61 Å². The van der Waals surface area contributed by atoms with Crippen LogP contribution in [0.15, 0.2) is 42.5 Å². The highest BCUT2D eigenvalue weighted by molar-refractivity contribution is 5.78. The molecule has 1 atom stereocenters. The summed E-state index contributed by atoms with van der Waals surface area (Å²) in [7, 11) is 3.13. The molecule has 0 radical (unpaired) electrons. The minimum atomic E-state index is -0.191. The molecule has 1 unspecified atom stereocenters. The monoisotopic (exact) mass is 371 g/mol. The van der Waals surface area contributed by atoms with Gasteiger partial charge in [0.2, 0.25) is 0 Å². The van der Waals surface area contributed by atoms with Gasteiger partial charge in [-0.2, -0.15) is 0 Å². The molecule has 2 aromatic carbocycles. The number of methoxy groups -OCH3 is 2. The molecule has 2 rings (SSSR count). The number of ether oxygens (including phenoxy) is 3. The Kier molecular flexibility index (Phi) is 6.72. The molecule has 27 heavy (non-hydrogen) atoms. The minimum absolute atomic E-state index is 0.0826. The Morgan fingerprint density at radius 3 is 1.96 bits per heavy atom. The summed E-state index contributed by atoms with van der Waals surface area (Å²) in [5.74, 6) is 1.54. The highest BCUT2D eigenvalue weighted by Gasteiger charge is 2.15. The predicted molar refractivity (Wildman–Crippen MR) is 107 cm³/mol. The molecule has 146 valence electrons. The second-order valence-corrected chi connectivity index (χ2v) is 7.50. The normalized spacial score (nSPS) is 12.2. The Labute approximate surface area is 161 Å². The van der Waals surface area contributed by atoms with Crippen LogP contribution in [0.4, 0.5) is 0 Å². The highest BCUT2D eigenvalue weighted by atomic mass is 16.5. The third-order valence-corrected chi connectivity index (χ3v) is 4.35. The van der Waals surface area contributed by atoms with Crippen LogP contribution in [-0.4, -0.2) is 26.7 Å². The van der Waals surface area contributed by atoms with Crippen molar-refractivity contribution in [1.29, 1.82) is 0 Å². The number of carbonyl (C=O) groups excluding carboxylic acids is 1. The summed E-state index contributed by atoms with van der Waals surface area (Å²) in [6.45, 7) is 8.41. The molecule has 0 aliphatic heterocycles. The Morgan fingerprint density at radius 2 is 1.48 bits per heavy atom. The Morgan fingerprint density at radius 1 is 0.963 bits per heavy atom. The van der Waals surface area contributed by atoms with Gasteiger partial charge in [-0.15, -0.1) is 0 Å². The zero-order chi connectivity index (χ0) is 20.0. The summed E-state index contributed by atoms with van der Waals surface area (Å²) in [5.41, 5.74) is 2.43. The summed E-state index contributed by atoms with van der Waals surface area (Å²) in [5, 5.41) is 2.96. The van der Waals surface area contributed by atoms with Gasteiger partial charge in [-0.3, -0.25) is 4.79 Å². The van der Waals surface area contributed by atoms with E-state index >= 15 is 0 Å². The third-order valence-electron chi connectivity index (χ3n) is 4.35. The molecule has 0 aliphatic carbocycles. The smallest absolute Gasteiger partial charge is 0.258 e. The van der Waals surface area contributed by atoms with Gasteiger partial charge in [0.1, 0.15) is 17.2 Å². The Balaban J connectivity index is 1.93. The van der Waals surface area contributed by atoms with Crippen molar-refractivity contribution in [1.82, 2.24) is 5.32 Å². The van der Waals surface area contributed by atoms with E-state index in [1.165, 1.54) is 5.56 Å². The van der Waals surface area contributed by atoms with Gasteiger partial charge < -0.3 is 19.5 Å². The van der Waals surface area contributed by atoms with Gasteiger partial charge in [-0.05, 0) is 23.5 Å². The van der Waals surface area contributed by atoms with E-state index in [0.717, 1.165) is 5.56 Å². The molecule has 0 spiro atoms. The van der Waals surface area contributed by atoms with Crippen molar-refractivity contribution in [2.75, 3.05) is 20.8 Å². The fourth-order valence-electron chi connectivity index (χ4n) is 2.65. The number of amides is 1. The standard InChI is InChI=1S/C22H29NO4/c1-15(16-7-9-17(10-8-16)22(2,3)4)23-21(24)14-27-20-12-18(25-5)11-19(13-20)26-6/h7-13,15H,14H2,1-6H3,(H,23,24). The van der Waals surface area contributed by atoms with Crippen molar-refractivity contribution >= 4 is 5.91 Å². The van der Waals surface area contributed by atoms with Gasteiger partial charge in [0.05, 0.1) is 20.3 Å². The number of benzene rings is 2. The number of carbonyl (C=O) groups is 1. The molecular weight excluding hydrogens is 342 g/mol. The van der Waals surface area contributed by atoms with Crippen molar-refractivity contribution in [3.63, 3.8) is 0 Å². The molecule has 0 fully saturated rings. The molecule has 1 amide bonds. The lowest BCUT2D eigenvalue weighted by Gasteiger charge is -2.20. The zero-order valence-corrected chi connectivity index (χ0v) is 17.0. The maximum Gasteiger partial charge on any atom is 0.258 e. The molecule has 0 saturated heterocycles. The second kappa shape index (κ2) is 8.80. The third kappa shape index (κ3) is 5.91. The van der Waals surface area contributed by atoms with E-state index in [0.29, 0.717) is 17.2 Å². The van der Waals surface area contributed by atoms with E-state index in [4.69, 9.17) is 14.2 Å². The topological polar surface area (TPSA) is 56.8 Å². The number of hydrogen-bond donors (Lipinski definition) is 1. The maximum atomic E-state index is 12.2. The van der Waals surface area contributed by atoms with Crippen LogP contribution in [0.5, 0.6) is 17.2 Å². The molecule has 5 nitrogen and oxygen atoms in total. The molecule has 0 saturated carbocycles. The first-order valence-electron chi connectivity index (χ1n) is 8.98. The van der Waals surface area contributed by atoms with Gasteiger partial charge in [0.25, 0.3) is 5.91 Å². The largest absolute Gasteiger partial charge is 0.496 e. The zero-order valence-electron chi connectivity index (χ0n) is 17.0. The molecule has 2 aromatic rings. The maximum absolute atomic E-state index is 12.2. The van der Waals surface area contributed by atoms with Gasteiger partial charge in [0, 0.05) is 18.2 Å². The van der Waals surface area contributed by atoms with Crippen molar-refractivity contribution < 1.29 is 19.0 Å². The van der Waals surface area contributed by atoms with Crippen LogP contribution in [0, 0.1) is 0 Å². The molecular formula is C22H29NO4. The fourth-order valence-corrected chi connectivity index (χ4v) is 2.65. The van der Waals surface area contributed by atoms with Crippen molar-refractivity contribution in [3.05, 3.63) is 53.6 Å². The van der Waals surface area contributed by atoms with Gasteiger partial charge in [-0.1, -0.05) is 45.0 Å². The first-order chi connectivity index (χ1) is 12.7. The summed E-state index contributed by atoms with van der Waals surface area (Å²) >= 11 is 0. The summed E-state index contributed by atoms with van der Waals surface area (Å²) in [4.78, 5) is 12.2. The lowest BCUT2D eigenvalue weighted by Crippen LogP contribution is -2.31. The number of rotatable bonds is 7. The minimum Gasteiger partial charge on any atom is -0.496 e. The van der Waals surface area contributed by atoms with Crippen LogP contribution < -0.4 is 19.5 Å². The van der Waals surface area contributed by atoms with E-state index in [1.807, 2.05) is 6.92 Å². The molecule has 0 aliphatic rings. The van der Waals surface area contributed by atoms with Crippen molar-refractivity contribution in [2.24, 2.45) is 0 Å². The van der Waals surface area contributed by atoms with E-state index in [-0.39, 0.29) is 24.0 Å². The lowest BCUT2D eigenvalue weighted by atomic mass is 9.86. The van der Waals surface area contributed by atoms with E-state index in [9.17, 15) is 4.79 Å². The summed E-state index contributed by atoms with van der Waals surface area (Å²) in [6, 6.07) is 13.4. The van der Waals surface area contributed by atoms with Crippen LogP contribution in [0.1, 0.15) is 44.9 Å². The van der Waals surface area contributed by atoms with Crippen molar-refractivity contribution in [3.8, 4) is 17.2 Å². The van der Waals surface area contributed by atoms with Crippen LogP contribution in [0.2, 0.25) is 0 Å². The quantitative estimate of drug-likeness (QED) is 0.790. The van der Waals surface area contributed by atoms with E-state index in [2.05, 4.69) is 50.4 Å². The summed E-state index contributed by atoms with van der Waals surface area (Å²) < 4.78 is 16.0. The fraction of sp³-hybridized carbons (Fsp3) is 0.409. The molecule has 0 heterocycles. The average molecular weight is 371 g/mol. The SMILES string of the molecule is COc1cc(OC)cc(OCC(=O)NC(C)c2ccc(C(C)(C)C)cc2)c1. The lowest BCUT2D eigenvalue weighted by molar-refractivity contribution is -0.123. The van der Waals surface area contributed by atoms with E-state index in [1.54, 1.807) is 32.4 Å². The van der Waals surface area contributed by atoms with Crippen LogP contribution >= 0.6 is 0 Å². The molecule has 0 aromatic heterocycles. The molecule has 5 heteroatoms. The first kappa shape index (κ1) is 20.6. The van der Waals surface area contributed by atoms with Crippen molar-refractivity contribution in [2.45, 2.75) is 39.2 Å². The first-order valence-corrected chi connectivity index (χ1v) is 8.98. The number of hydrogen-bond acceptors (Lipinski definition) is 4. The Hall–Kier alpha value is -2.69. The molecule has 1 N–H and O–H groups in total. The van der Waals surface area contributed by atoms with Crippen LogP contribution in [-0.2, 0) is 10.2 Å². The average Bonchev–Trinajstić information content (AvgIpc) is 2.65. The van der Waals surface area contributed by atoms with Crippen LogP contribution in [0.3, 0.4) is 0 Å². The predicted octanol–water partition coefficient (Wildman–Crippen LogP) is 4.26.